The van der Waals surface area contributed by atoms with Crippen molar-refractivity contribution >= 4 is 39.0 Å². The Labute approximate surface area is 125 Å². The quantitative estimate of drug-likeness (QED) is 0.622. The predicted octanol–water partition coefficient (Wildman–Crippen LogP) is 5.01. The molecular formula is C16H11ClO2S. The zero-order valence-electron chi connectivity index (χ0n) is 10.7. The van der Waals surface area contributed by atoms with Crippen LogP contribution in [0, 0.1) is 0 Å². The monoisotopic (exact) mass is 302 g/mol. The molecule has 0 N–H and O–H groups in total. The van der Waals surface area contributed by atoms with Crippen LogP contribution in [0.1, 0.15) is 9.67 Å². The number of thiophene rings is 1. The zero-order valence-corrected chi connectivity index (χ0v) is 12.3. The van der Waals surface area contributed by atoms with Gasteiger partial charge in [0.2, 0.25) is 0 Å². The molecule has 3 aromatic rings. The first-order chi connectivity index (χ1) is 9.70. The molecule has 0 saturated carbocycles. The SMILES string of the molecule is COC(=O)c1sc2ccc(Cl)cc2c1-c1ccccc1. The van der Waals surface area contributed by atoms with Crippen LogP contribution < -0.4 is 0 Å². The van der Waals surface area contributed by atoms with Gasteiger partial charge >= 0.3 is 5.97 Å². The molecule has 20 heavy (non-hydrogen) atoms. The topological polar surface area (TPSA) is 26.3 Å². The molecule has 0 saturated heterocycles. The van der Waals surface area contributed by atoms with E-state index in [-0.39, 0.29) is 5.97 Å². The van der Waals surface area contributed by atoms with Crippen molar-refractivity contribution < 1.29 is 9.53 Å². The minimum absolute atomic E-state index is 0.318. The van der Waals surface area contributed by atoms with E-state index in [0.717, 1.165) is 21.2 Å². The lowest BCUT2D eigenvalue weighted by Crippen LogP contribution is -1.99. The lowest BCUT2D eigenvalue weighted by atomic mass is 10.0. The van der Waals surface area contributed by atoms with E-state index in [4.69, 9.17) is 16.3 Å². The summed E-state index contributed by atoms with van der Waals surface area (Å²) in [6.45, 7) is 0. The fraction of sp³-hybridized carbons (Fsp3) is 0.0625. The van der Waals surface area contributed by atoms with Crippen molar-refractivity contribution in [3.05, 3.63) is 58.4 Å². The molecule has 0 atom stereocenters. The third-order valence-electron chi connectivity index (χ3n) is 3.08. The summed E-state index contributed by atoms with van der Waals surface area (Å²) >= 11 is 7.52. The summed E-state index contributed by atoms with van der Waals surface area (Å²) < 4.78 is 5.92. The predicted molar refractivity (Wildman–Crippen MR) is 83.6 cm³/mol. The largest absolute Gasteiger partial charge is 0.465 e. The summed E-state index contributed by atoms with van der Waals surface area (Å²) in [5.41, 5.74) is 1.88. The van der Waals surface area contributed by atoms with Crippen LogP contribution in [0.3, 0.4) is 0 Å². The molecule has 4 heteroatoms. The van der Waals surface area contributed by atoms with Crippen LogP contribution in [0.2, 0.25) is 5.02 Å². The number of benzene rings is 2. The summed E-state index contributed by atoms with van der Waals surface area (Å²) in [4.78, 5) is 12.6. The number of carbonyl (C=O) groups is 1. The molecule has 1 heterocycles. The van der Waals surface area contributed by atoms with E-state index < -0.39 is 0 Å². The van der Waals surface area contributed by atoms with E-state index in [9.17, 15) is 4.79 Å². The summed E-state index contributed by atoms with van der Waals surface area (Å²) in [5.74, 6) is -0.318. The zero-order chi connectivity index (χ0) is 14.1. The van der Waals surface area contributed by atoms with Crippen LogP contribution in [0.4, 0.5) is 0 Å². The van der Waals surface area contributed by atoms with E-state index in [1.54, 1.807) is 0 Å². The molecule has 0 unspecified atom stereocenters. The Morgan fingerprint density at radius 3 is 2.60 bits per heavy atom. The number of esters is 1. The molecule has 100 valence electrons. The van der Waals surface area contributed by atoms with E-state index in [1.165, 1.54) is 18.4 Å². The van der Waals surface area contributed by atoms with Gasteiger partial charge in [-0.1, -0.05) is 41.9 Å². The van der Waals surface area contributed by atoms with Gasteiger partial charge in [-0.2, -0.15) is 0 Å². The van der Waals surface area contributed by atoms with Gasteiger partial charge in [0.25, 0.3) is 0 Å². The number of carbonyl (C=O) groups excluding carboxylic acids is 1. The van der Waals surface area contributed by atoms with Gasteiger partial charge in [0.1, 0.15) is 4.88 Å². The van der Waals surface area contributed by atoms with Gasteiger partial charge < -0.3 is 4.74 Å². The van der Waals surface area contributed by atoms with Crippen LogP contribution in [0.5, 0.6) is 0 Å². The van der Waals surface area contributed by atoms with Crippen LogP contribution in [-0.4, -0.2) is 13.1 Å². The number of methoxy groups -OCH3 is 1. The summed E-state index contributed by atoms with van der Waals surface area (Å²) in [6.07, 6.45) is 0. The molecule has 0 fully saturated rings. The molecule has 0 aliphatic rings. The normalized spacial score (nSPS) is 10.7. The second-order valence-corrected chi connectivity index (χ2v) is 5.79. The minimum Gasteiger partial charge on any atom is -0.465 e. The van der Waals surface area contributed by atoms with Gasteiger partial charge in [0.05, 0.1) is 7.11 Å². The Morgan fingerprint density at radius 1 is 1.15 bits per heavy atom. The van der Waals surface area contributed by atoms with Gasteiger partial charge in [0, 0.05) is 20.7 Å². The van der Waals surface area contributed by atoms with Crippen molar-refractivity contribution in [1.29, 1.82) is 0 Å². The van der Waals surface area contributed by atoms with Crippen LogP contribution in [0.25, 0.3) is 21.2 Å². The Hall–Kier alpha value is -1.84. The van der Waals surface area contributed by atoms with Crippen molar-refractivity contribution in [2.45, 2.75) is 0 Å². The number of rotatable bonds is 2. The first-order valence-electron chi connectivity index (χ1n) is 6.06. The number of halogens is 1. The highest BCUT2D eigenvalue weighted by molar-refractivity contribution is 7.21. The number of ether oxygens (including phenoxy) is 1. The number of fused-ring (bicyclic) bond motifs is 1. The standard InChI is InChI=1S/C16H11ClO2S/c1-19-16(18)15-14(10-5-3-2-4-6-10)12-9-11(17)7-8-13(12)20-15/h2-9H,1H3. The highest BCUT2D eigenvalue weighted by Gasteiger charge is 2.20. The van der Waals surface area contributed by atoms with Crippen molar-refractivity contribution in [3.63, 3.8) is 0 Å². The van der Waals surface area contributed by atoms with Crippen LogP contribution in [-0.2, 0) is 4.74 Å². The van der Waals surface area contributed by atoms with E-state index in [2.05, 4.69) is 0 Å². The summed E-state index contributed by atoms with van der Waals surface area (Å²) in [7, 11) is 1.40. The first-order valence-corrected chi connectivity index (χ1v) is 7.26. The van der Waals surface area contributed by atoms with Gasteiger partial charge in [-0.05, 0) is 23.8 Å². The van der Waals surface area contributed by atoms with Crippen LogP contribution >= 0.6 is 22.9 Å². The molecule has 1 aromatic heterocycles. The lowest BCUT2D eigenvalue weighted by molar-refractivity contribution is 0.0607. The molecule has 0 spiro atoms. The highest BCUT2D eigenvalue weighted by Crippen LogP contribution is 2.40. The second-order valence-electron chi connectivity index (χ2n) is 4.30. The van der Waals surface area contributed by atoms with Crippen molar-refractivity contribution in [1.82, 2.24) is 0 Å². The van der Waals surface area contributed by atoms with Crippen molar-refractivity contribution in [2.24, 2.45) is 0 Å². The molecule has 0 amide bonds. The van der Waals surface area contributed by atoms with Crippen molar-refractivity contribution in [3.8, 4) is 11.1 Å². The fourth-order valence-electron chi connectivity index (χ4n) is 2.20. The average molecular weight is 303 g/mol. The molecule has 2 nitrogen and oxygen atoms in total. The lowest BCUT2D eigenvalue weighted by Gasteiger charge is -2.03. The van der Waals surface area contributed by atoms with E-state index >= 15 is 0 Å². The maximum atomic E-state index is 12.0. The Balaban J connectivity index is 2.36. The third-order valence-corrected chi connectivity index (χ3v) is 4.47. The Morgan fingerprint density at radius 2 is 1.90 bits per heavy atom. The van der Waals surface area contributed by atoms with Crippen LogP contribution in [0.15, 0.2) is 48.5 Å². The number of hydrogen-bond acceptors (Lipinski definition) is 3. The van der Waals surface area contributed by atoms with Gasteiger partial charge in [-0.15, -0.1) is 11.3 Å². The van der Waals surface area contributed by atoms with E-state index in [0.29, 0.717) is 9.90 Å². The maximum Gasteiger partial charge on any atom is 0.348 e. The summed E-state index contributed by atoms with van der Waals surface area (Å²) in [5, 5.41) is 1.64. The third kappa shape index (κ3) is 2.19. The van der Waals surface area contributed by atoms with Gasteiger partial charge in [-0.3, -0.25) is 0 Å². The first kappa shape index (κ1) is 13.2. The maximum absolute atomic E-state index is 12.0. The fourth-order valence-corrected chi connectivity index (χ4v) is 3.49. The molecule has 2 aromatic carbocycles. The molecule has 0 radical (unpaired) electrons. The smallest absolute Gasteiger partial charge is 0.348 e. The second kappa shape index (κ2) is 5.27. The van der Waals surface area contributed by atoms with Crippen molar-refractivity contribution in [2.75, 3.05) is 7.11 Å². The number of hydrogen-bond donors (Lipinski definition) is 0. The Kier molecular flexibility index (Phi) is 3.47. The van der Waals surface area contributed by atoms with Gasteiger partial charge in [-0.25, -0.2) is 4.79 Å². The average Bonchev–Trinajstić information content (AvgIpc) is 2.85. The molecule has 3 rings (SSSR count). The molecule has 0 aliphatic heterocycles. The summed E-state index contributed by atoms with van der Waals surface area (Å²) in [6, 6.07) is 15.5. The highest BCUT2D eigenvalue weighted by atomic mass is 35.5. The molecular weight excluding hydrogens is 292 g/mol. The Bertz CT molecular complexity index is 778. The molecule has 0 bridgehead atoms. The van der Waals surface area contributed by atoms with Gasteiger partial charge in [0.15, 0.2) is 0 Å². The van der Waals surface area contributed by atoms with E-state index in [1.807, 2.05) is 48.5 Å². The molecule has 0 aliphatic carbocycles. The minimum atomic E-state index is -0.318.